The first kappa shape index (κ1) is 22.8. The zero-order chi connectivity index (χ0) is 24.5. The second-order valence-corrected chi connectivity index (χ2v) is 10.3. The van der Waals surface area contributed by atoms with Crippen LogP contribution in [0.3, 0.4) is 0 Å². The molecule has 0 radical (unpaired) electrons. The Labute approximate surface area is 213 Å². The molecule has 3 aliphatic heterocycles. The summed E-state index contributed by atoms with van der Waals surface area (Å²) >= 11 is 0. The van der Waals surface area contributed by atoms with Crippen LogP contribution in [0.15, 0.2) is 91.0 Å². The van der Waals surface area contributed by atoms with E-state index in [1.165, 1.54) is 16.8 Å². The fourth-order valence-corrected chi connectivity index (χ4v) is 6.52. The highest BCUT2D eigenvalue weighted by Crippen LogP contribution is 2.42. The molecule has 6 rings (SSSR count). The van der Waals surface area contributed by atoms with Crippen molar-refractivity contribution in [1.82, 2.24) is 9.80 Å². The molecule has 3 aromatic carbocycles. The molecule has 3 heterocycles. The topological polar surface area (TPSA) is 43.9 Å². The Balaban J connectivity index is 1.37. The molecular formula is C31H33N3O2. The van der Waals surface area contributed by atoms with Gasteiger partial charge in [-0.15, -0.1) is 0 Å². The van der Waals surface area contributed by atoms with Crippen molar-refractivity contribution in [2.75, 3.05) is 31.1 Å². The lowest BCUT2D eigenvalue weighted by molar-refractivity contribution is -0.170. The number of anilines is 1. The van der Waals surface area contributed by atoms with Gasteiger partial charge < -0.3 is 14.7 Å². The third kappa shape index (κ3) is 3.87. The number of hydrogen-bond donors (Lipinski definition) is 0. The maximum atomic E-state index is 14.2. The summed E-state index contributed by atoms with van der Waals surface area (Å²) in [6, 6.07) is 30.9. The van der Waals surface area contributed by atoms with Crippen molar-refractivity contribution in [3.05, 3.63) is 102 Å². The second-order valence-electron chi connectivity index (χ2n) is 10.3. The van der Waals surface area contributed by atoms with Gasteiger partial charge in [-0.25, -0.2) is 0 Å². The molecule has 0 bridgehead atoms. The van der Waals surface area contributed by atoms with Gasteiger partial charge in [0.15, 0.2) is 0 Å². The van der Waals surface area contributed by atoms with Crippen molar-refractivity contribution in [2.24, 2.45) is 0 Å². The highest BCUT2D eigenvalue weighted by molar-refractivity contribution is 6.00. The summed E-state index contributed by atoms with van der Waals surface area (Å²) in [5.41, 5.74) is 2.76. The van der Waals surface area contributed by atoms with Gasteiger partial charge in [-0.2, -0.15) is 0 Å². The molecule has 0 aromatic heterocycles. The fraction of sp³-hybridized carbons (Fsp3) is 0.355. The van der Waals surface area contributed by atoms with Gasteiger partial charge in [-0.1, -0.05) is 78.9 Å². The zero-order valence-electron chi connectivity index (χ0n) is 20.6. The van der Waals surface area contributed by atoms with Gasteiger partial charge >= 0.3 is 0 Å². The van der Waals surface area contributed by atoms with Crippen LogP contribution in [0.2, 0.25) is 0 Å². The molecule has 1 unspecified atom stereocenters. The number of fused-ring (bicyclic) bond motifs is 1. The van der Waals surface area contributed by atoms with Gasteiger partial charge in [0.1, 0.15) is 11.6 Å². The van der Waals surface area contributed by atoms with E-state index >= 15 is 0 Å². The maximum Gasteiger partial charge on any atom is 0.249 e. The summed E-state index contributed by atoms with van der Waals surface area (Å²) in [5, 5.41) is 0. The average molecular weight is 480 g/mol. The molecule has 184 valence electrons. The second kappa shape index (κ2) is 9.45. The number of amides is 2. The molecule has 36 heavy (non-hydrogen) atoms. The molecule has 3 fully saturated rings. The van der Waals surface area contributed by atoms with Crippen molar-refractivity contribution in [2.45, 2.75) is 43.2 Å². The minimum absolute atomic E-state index is 0.0149. The van der Waals surface area contributed by atoms with Gasteiger partial charge in [0, 0.05) is 37.8 Å². The summed E-state index contributed by atoms with van der Waals surface area (Å²) in [6.07, 6.45) is 3.00. The number of carbonyl (C=O) groups excluding carboxylic acids is 2. The first-order valence-corrected chi connectivity index (χ1v) is 13.2. The number of nitrogens with zero attached hydrogens (tertiary/aromatic N) is 3. The van der Waals surface area contributed by atoms with Crippen LogP contribution in [0.1, 0.15) is 42.7 Å². The van der Waals surface area contributed by atoms with Gasteiger partial charge in [0.05, 0.1) is 0 Å². The van der Waals surface area contributed by atoms with Crippen molar-refractivity contribution >= 4 is 17.5 Å². The molecule has 3 saturated heterocycles. The Morgan fingerprint density at radius 1 is 0.750 bits per heavy atom. The number of hydrogen-bond acceptors (Lipinski definition) is 3. The van der Waals surface area contributed by atoms with Gasteiger partial charge in [-0.3, -0.25) is 9.59 Å². The summed E-state index contributed by atoms with van der Waals surface area (Å²) in [7, 11) is 0. The third-order valence-electron chi connectivity index (χ3n) is 8.46. The normalized spacial score (nSPS) is 21.4. The van der Waals surface area contributed by atoms with E-state index < -0.39 is 5.54 Å². The van der Waals surface area contributed by atoms with Crippen LogP contribution >= 0.6 is 0 Å². The van der Waals surface area contributed by atoms with E-state index in [2.05, 4.69) is 77.7 Å². The fourth-order valence-electron chi connectivity index (χ4n) is 6.52. The number of carbonyl (C=O) groups is 2. The SMILES string of the molecule is O=C1C2CCCN2C(=O)C2(CCN(c3ccccc3)CC2)N1CC(c1ccccc1)c1ccccc1. The molecule has 3 aromatic rings. The van der Waals surface area contributed by atoms with E-state index in [0.717, 1.165) is 25.9 Å². The van der Waals surface area contributed by atoms with Crippen molar-refractivity contribution < 1.29 is 9.59 Å². The molecule has 0 aliphatic carbocycles. The third-order valence-corrected chi connectivity index (χ3v) is 8.46. The van der Waals surface area contributed by atoms with E-state index in [1.807, 2.05) is 28.0 Å². The number of benzene rings is 3. The van der Waals surface area contributed by atoms with Gasteiger partial charge in [-0.05, 0) is 48.9 Å². The Hall–Kier alpha value is -3.60. The standard InChI is InChI=1S/C31H33N3O2/c35-29-28-17-10-20-33(28)30(36)31(18-21-32(22-19-31)26-15-8-3-9-16-26)34(29)23-27(24-11-4-1-5-12-24)25-13-6-2-7-14-25/h1-9,11-16,27-28H,10,17-23H2. The van der Waals surface area contributed by atoms with E-state index in [0.29, 0.717) is 25.9 Å². The molecule has 1 atom stereocenters. The van der Waals surface area contributed by atoms with Crippen LogP contribution in [0.5, 0.6) is 0 Å². The molecule has 1 spiro atoms. The molecule has 5 nitrogen and oxygen atoms in total. The molecule has 0 N–H and O–H groups in total. The lowest BCUT2D eigenvalue weighted by Gasteiger charge is -2.54. The molecular weight excluding hydrogens is 446 g/mol. The average Bonchev–Trinajstić information content (AvgIpc) is 3.44. The largest absolute Gasteiger partial charge is 0.371 e. The molecule has 3 aliphatic rings. The number of piperidine rings is 1. The Morgan fingerprint density at radius 3 is 1.89 bits per heavy atom. The first-order chi connectivity index (χ1) is 17.7. The molecule has 2 amide bonds. The lowest BCUT2D eigenvalue weighted by Crippen LogP contribution is -2.72. The van der Waals surface area contributed by atoms with Crippen LogP contribution in [-0.2, 0) is 9.59 Å². The maximum absolute atomic E-state index is 14.2. The van der Waals surface area contributed by atoms with Crippen LogP contribution < -0.4 is 4.90 Å². The molecule has 0 saturated carbocycles. The summed E-state index contributed by atoms with van der Waals surface area (Å²) in [4.78, 5) is 34.5. The number of rotatable bonds is 5. The van der Waals surface area contributed by atoms with E-state index in [4.69, 9.17) is 0 Å². The lowest BCUT2D eigenvalue weighted by atomic mass is 9.79. The number of piperazine rings is 1. The summed E-state index contributed by atoms with van der Waals surface area (Å²) in [6.45, 7) is 2.75. The van der Waals surface area contributed by atoms with Crippen LogP contribution in [0, 0.1) is 0 Å². The van der Waals surface area contributed by atoms with Crippen molar-refractivity contribution in [3.8, 4) is 0 Å². The number of para-hydroxylation sites is 1. The van der Waals surface area contributed by atoms with Gasteiger partial charge in [0.2, 0.25) is 11.8 Å². The Bertz CT molecular complexity index is 1170. The van der Waals surface area contributed by atoms with E-state index in [-0.39, 0.29) is 23.8 Å². The zero-order valence-corrected chi connectivity index (χ0v) is 20.6. The van der Waals surface area contributed by atoms with Crippen LogP contribution in [-0.4, -0.2) is 59.4 Å². The minimum Gasteiger partial charge on any atom is -0.371 e. The van der Waals surface area contributed by atoms with Gasteiger partial charge in [0.25, 0.3) is 0 Å². The minimum atomic E-state index is -0.773. The predicted octanol–water partition coefficient (Wildman–Crippen LogP) is 4.69. The Kier molecular flexibility index (Phi) is 6.00. The highest BCUT2D eigenvalue weighted by atomic mass is 16.2. The summed E-state index contributed by atoms with van der Waals surface area (Å²) < 4.78 is 0. The highest BCUT2D eigenvalue weighted by Gasteiger charge is 2.58. The quantitative estimate of drug-likeness (QED) is 0.533. The van der Waals surface area contributed by atoms with Crippen LogP contribution in [0.25, 0.3) is 0 Å². The van der Waals surface area contributed by atoms with Crippen molar-refractivity contribution in [3.63, 3.8) is 0 Å². The van der Waals surface area contributed by atoms with E-state index in [9.17, 15) is 9.59 Å². The van der Waals surface area contributed by atoms with E-state index in [1.54, 1.807) is 0 Å². The van der Waals surface area contributed by atoms with Crippen molar-refractivity contribution in [1.29, 1.82) is 0 Å². The summed E-state index contributed by atoms with van der Waals surface area (Å²) in [5.74, 6) is 0.315. The van der Waals surface area contributed by atoms with Crippen LogP contribution in [0.4, 0.5) is 5.69 Å². The first-order valence-electron chi connectivity index (χ1n) is 13.2. The predicted molar refractivity (Wildman–Crippen MR) is 142 cm³/mol. The Morgan fingerprint density at radius 2 is 1.31 bits per heavy atom. The smallest absolute Gasteiger partial charge is 0.249 e. The monoisotopic (exact) mass is 479 g/mol. The molecule has 5 heteroatoms.